The number of fused-ring (bicyclic) bond motifs is 1. The normalized spacial score (nSPS) is 13.9. The van der Waals surface area contributed by atoms with Gasteiger partial charge < -0.3 is 0 Å². The summed E-state index contributed by atoms with van der Waals surface area (Å²) >= 11 is 1.40. The van der Waals surface area contributed by atoms with Crippen molar-refractivity contribution in [2.24, 2.45) is 5.14 Å². The summed E-state index contributed by atoms with van der Waals surface area (Å²) < 4.78 is 50.3. The molecule has 0 saturated carbocycles. The van der Waals surface area contributed by atoms with Gasteiger partial charge in [-0.3, -0.25) is 9.69 Å². The highest BCUT2D eigenvalue weighted by Gasteiger charge is 2.26. The lowest BCUT2D eigenvalue weighted by Crippen LogP contribution is -2.29. The van der Waals surface area contributed by atoms with Crippen molar-refractivity contribution in [3.05, 3.63) is 86.1 Å². The minimum absolute atomic E-state index is 0.0240. The van der Waals surface area contributed by atoms with E-state index < -0.39 is 21.7 Å². The summed E-state index contributed by atoms with van der Waals surface area (Å²) in [6.45, 7) is 1.34. The van der Waals surface area contributed by atoms with Gasteiger partial charge in [-0.2, -0.15) is 5.26 Å². The average molecular weight is 502 g/mol. The van der Waals surface area contributed by atoms with E-state index in [-0.39, 0.29) is 35.6 Å². The van der Waals surface area contributed by atoms with Crippen molar-refractivity contribution >= 4 is 27.1 Å². The molecule has 2 aromatic carbocycles. The molecule has 0 atom stereocenters. The Morgan fingerprint density at radius 3 is 2.56 bits per heavy atom. The molecule has 0 aliphatic carbocycles. The quantitative estimate of drug-likeness (QED) is 0.534. The second kappa shape index (κ2) is 9.72. The van der Waals surface area contributed by atoms with E-state index in [2.05, 4.69) is 6.07 Å². The third-order valence-electron chi connectivity index (χ3n) is 5.73. The van der Waals surface area contributed by atoms with Crippen molar-refractivity contribution in [2.75, 3.05) is 6.54 Å². The van der Waals surface area contributed by atoms with Crippen LogP contribution < -0.4 is 5.14 Å². The second-order valence-corrected chi connectivity index (χ2v) is 10.9. The maximum Gasteiger partial charge on any atom is 0.238 e. The van der Waals surface area contributed by atoms with Gasteiger partial charge in [-0.25, -0.2) is 22.3 Å². The first-order chi connectivity index (χ1) is 16.1. The third kappa shape index (κ3) is 5.39. The zero-order valence-electron chi connectivity index (χ0n) is 18.1. The molecule has 10 heteroatoms. The van der Waals surface area contributed by atoms with E-state index in [4.69, 9.17) is 5.14 Å². The van der Waals surface area contributed by atoms with Crippen LogP contribution in [-0.4, -0.2) is 25.6 Å². The third-order valence-corrected chi connectivity index (χ3v) is 7.88. The summed E-state index contributed by atoms with van der Waals surface area (Å²) in [4.78, 5) is 16.3. The molecule has 176 valence electrons. The summed E-state index contributed by atoms with van der Waals surface area (Å²) in [5.41, 5.74) is 2.38. The van der Waals surface area contributed by atoms with Crippen molar-refractivity contribution in [2.45, 2.75) is 37.2 Å². The number of halogens is 2. The number of primary sulfonamides is 1. The summed E-state index contributed by atoms with van der Waals surface area (Å²) in [5, 5.41) is 14.8. The number of sulfonamides is 1. The fourth-order valence-electron chi connectivity index (χ4n) is 4.07. The highest BCUT2D eigenvalue weighted by Crippen LogP contribution is 2.34. The fraction of sp³-hybridized carbons (Fsp3) is 0.250. The Balaban J connectivity index is 1.46. The van der Waals surface area contributed by atoms with E-state index in [1.165, 1.54) is 29.5 Å². The predicted molar refractivity (Wildman–Crippen MR) is 123 cm³/mol. The number of rotatable bonds is 7. The standard InChI is InChI=1S/C24H21F2N3O3S2/c25-17-3-6-22(26)16(10-17)13-29-8-7-20-21(12-27)23(33-24(20)14-29)11-18(30)9-15-1-4-19(5-2-15)34(28,31)32/h1-6,10H,7-9,11,13-14H2,(H2,28,31,32). The van der Waals surface area contributed by atoms with Gasteiger partial charge in [0.15, 0.2) is 0 Å². The number of nitrogens with zero attached hydrogens (tertiary/aromatic N) is 2. The van der Waals surface area contributed by atoms with E-state index in [9.17, 15) is 27.3 Å². The van der Waals surface area contributed by atoms with Gasteiger partial charge in [0.05, 0.1) is 10.5 Å². The van der Waals surface area contributed by atoms with E-state index in [1.807, 2.05) is 4.90 Å². The molecule has 34 heavy (non-hydrogen) atoms. The molecule has 0 fully saturated rings. The smallest absolute Gasteiger partial charge is 0.238 e. The van der Waals surface area contributed by atoms with Crippen molar-refractivity contribution in [1.82, 2.24) is 4.90 Å². The van der Waals surface area contributed by atoms with Crippen LogP contribution >= 0.6 is 11.3 Å². The number of benzene rings is 2. The van der Waals surface area contributed by atoms with Gasteiger partial charge in [-0.1, -0.05) is 12.1 Å². The highest BCUT2D eigenvalue weighted by atomic mass is 32.2. The van der Waals surface area contributed by atoms with Gasteiger partial charge in [0, 0.05) is 47.8 Å². The predicted octanol–water partition coefficient (Wildman–Crippen LogP) is 3.46. The molecule has 6 nitrogen and oxygen atoms in total. The topological polar surface area (TPSA) is 104 Å². The molecule has 0 unspecified atom stereocenters. The van der Waals surface area contributed by atoms with Crippen molar-refractivity contribution in [3.8, 4) is 6.07 Å². The molecule has 2 heterocycles. The lowest BCUT2D eigenvalue weighted by Gasteiger charge is -2.27. The molecule has 3 aromatic rings. The van der Waals surface area contributed by atoms with E-state index in [1.54, 1.807) is 12.1 Å². The first-order valence-corrected chi connectivity index (χ1v) is 12.8. The minimum Gasteiger partial charge on any atom is -0.299 e. The van der Waals surface area contributed by atoms with Gasteiger partial charge in [-0.05, 0) is 47.9 Å². The maximum atomic E-state index is 14.0. The fourth-order valence-corrected chi connectivity index (χ4v) is 5.97. The molecule has 0 spiro atoms. The Labute approximate surface area is 200 Å². The van der Waals surface area contributed by atoms with Crippen LogP contribution in [0.1, 0.15) is 32.0 Å². The number of hydrogen-bond acceptors (Lipinski definition) is 6. The number of carbonyl (C=O) groups excluding carboxylic acids is 1. The van der Waals surface area contributed by atoms with Crippen LogP contribution in [0, 0.1) is 23.0 Å². The van der Waals surface area contributed by atoms with E-state index in [0.29, 0.717) is 35.5 Å². The Hall–Kier alpha value is -2.97. The van der Waals surface area contributed by atoms with Crippen LogP contribution in [-0.2, 0) is 47.2 Å². The summed E-state index contributed by atoms with van der Waals surface area (Å²) in [5.74, 6) is -1.05. The van der Waals surface area contributed by atoms with Crippen LogP contribution in [0.3, 0.4) is 0 Å². The number of nitrogens with two attached hydrogens (primary N) is 1. The van der Waals surface area contributed by atoms with Crippen molar-refractivity contribution < 1.29 is 22.0 Å². The van der Waals surface area contributed by atoms with Gasteiger partial charge in [-0.15, -0.1) is 11.3 Å². The van der Waals surface area contributed by atoms with Crippen molar-refractivity contribution in [1.29, 1.82) is 5.26 Å². The zero-order chi connectivity index (χ0) is 24.5. The summed E-state index contributed by atoms with van der Waals surface area (Å²) in [6.07, 6.45) is 0.786. The largest absolute Gasteiger partial charge is 0.299 e. The van der Waals surface area contributed by atoms with Gasteiger partial charge >= 0.3 is 0 Å². The molecule has 1 aliphatic rings. The van der Waals surface area contributed by atoms with Crippen LogP contribution in [0.4, 0.5) is 8.78 Å². The molecular formula is C24H21F2N3O3S2. The Morgan fingerprint density at radius 2 is 1.88 bits per heavy atom. The molecule has 4 rings (SSSR count). The van der Waals surface area contributed by atoms with Crippen LogP contribution in [0.2, 0.25) is 0 Å². The molecule has 0 bridgehead atoms. The molecule has 0 saturated heterocycles. The van der Waals surface area contributed by atoms with Gasteiger partial charge in [0.1, 0.15) is 23.5 Å². The number of hydrogen-bond donors (Lipinski definition) is 1. The highest BCUT2D eigenvalue weighted by molar-refractivity contribution is 7.89. The monoisotopic (exact) mass is 501 g/mol. The van der Waals surface area contributed by atoms with Crippen LogP contribution in [0.15, 0.2) is 47.4 Å². The van der Waals surface area contributed by atoms with E-state index >= 15 is 0 Å². The SMILES string of the molecule is N#Cc1c(CC(=O)Cc2ccc(S(N)(=O)=O)cc2)sc2c1CCN(Cc1cc(F)ccc1F)C2. The average Bonchev–Trinajstić information content (AvgIpc) is 3.12. The summed E-state index contributed by atoms with van der Waals surface area (Å²) in [6, 6.07) is 11.4. The number of nitriles is 1. The maximum absolute atomic E-state index is 14.0. The summed E-state index contributed by atoms with van der Waals surface area (Å²) in [7, 11) is -3.80. The number of carbonyl (C=O) groups is 1. The second-order valence-electron chi connectivity index (χ2n) is 8.19. The lowest BCUT2D eigenvalue weighted by molar-refractivity contribution is -0.117. The van der Waals surface area contributed by atoms with Crippen molar-refractivity contribution in [3.63, 3.8) is 0 Å². The minimum atomic E-state index is -3.80. The Morgan fingerprint density at radius 1 is 1.15 bits per heavy atom. The number of Topliss-reactive ketones (excluding diaryl/α,β-unsaturated/α-hetero) is 1. The zero-order valence-corrected chi connectivity index (χ0v) is 19.7. The van der Waals surface area contributed by atoms with Crippen LogP contribution in [0.25, 0.3) is 0 Å². The first kappa shape index (κ1) is 24.2. The molecule has 0 radical (unpaired) electrons. The first-order valence-electron chi connectivity index (χ1n) is 10.5. The van der Waals surface area contributed by atoms with Gasteiger partial charge in [0.25, 0.3) is 0 Å². The number of thiophene rings is 1. The molecule has 1 aromatic heterocycles. The molecular weight excluding hydrogens is 480 g/mol. The Bertz CT molecular complexity index is 1390. The lowest BCUT2D eigenvalue weighted by atomic mass is 9.99. The van der Waals surface area contributed by atoms with Gasteiger partial charge in [0.2, 0.25) is 10.0 Å². The number of ketones is 1. The molecule has 2 N–H and O–H groups in total. The van der Waals surface area contributed by atoms with Crippen LogP contribution in [0.5, 0.6) is 0 Å². The molecule has 0 amide bonds. The Kier molecular flexibility index (Phi) is 6.91. The molecule has 1 aliphatic heterocycles. The van der Waals surface area contributed by atoms with E-state index in [0.717, 1.165) is 22.6 Å².